The van der Waals surface area contributed by atoms with Crippen LogP contribution in [0.1, 0.15) is 5.56 Å². The normalized spacial score (nSPS) is 10.0. The first kappa shape index (κ1) is 11.9. The molecule has 2 aromatic rings. The van der Waals surface area contributed by atoms with Crippen molar-refractivity contribution in [1.29, 1.82) is 0 Å². The summed E-state index contributed by atoms with van der Waals surface area (Å²) >= 11 is 0. The number of aromatic amines is 1. The summed E-state index contributed by atoms with van der Waals surface area (Å²) in [7, 11) is 0. The van der Waals surface area contributed by atoms with Gasteiger partial charge in [-0.25, -0.2) is 4.79 Å². The topological polar surface area (TPSA) is 82.2 Å². The molecule has 0 aliphatic heterocycles. The molecule has 5 nitrogen and oxygen atoms in total. The summed E-state index contributed by atoms with van der Waals surface area (Å²) in [4.78, 5) is 24.7. The number of nitrogens with one attached hydrogen (secondary N) is 2. The van der Waals surface area contributed by atoms with Crippen LogP contribution in [0.25, 0.3) is 11.1 Å². The van der Waals surface area contributed by atoms with E-state index in [9.17, 15) is 9.59 Å². The van der Waals surface area contributed by atoms with E-state index in [1.165, 1.54) is 0 Å². The van der Waals surface area contributed by atoms with Crippen molar-refractivity contribution in [2.45, 2.75) is 6.54 Å². The van der Waals surface area contributed by atoms with Crippen LogP contribution in [0.15, 0.2) is 47.4 Å². The smallest absolute Gasteiger partial charge is 0.404 e. The van der Waals surface area contributed by atoms with Crippen molar-refractivity contribution in [2.24, 2.45) is 0 Å². The number of aromatic nitrogens is 1. The van der Waals surface area contributed by atoms with Crippen LogP contribution in [-0.4, -0.2) is 16.2 Å². The van der Waals surface area contributed by atoms with Gasteiger partial charge in [-0.15, -0.1) is 0 Å². The number of H-pyrrole nitrogens is 1. The van der Waals surface area contributed by atoms with Gasteiger partial charge in [0, 0.05) is 18.3 Å². The van der Waals surface area contributed by atoms with E-state index in [-0.39, 0.29) is 12.1 Å². The van der Waals surface area contributed by atoms with Crippen LogP contribution in [-0.2, 0) is 6.54 Å². The summed E-state index contributed by atoms with van der Waals surface area (Å²) in [5.41, 5.74) is 1.97. The molecule has 3 N–H and O–H groups in total. The first-order valence-electron chi connectivity index (χ1n) is 5.40. The van der Waals surface area contributed by atoms with Crippen LogP contribution in [0, 0.1) is 0 Å². The highest BCUT2D eigenvalue weighted by atomic mass is 16.4. The molecule has 1 amide bonds. The standard InChI is InChI=1S/C13H12N2O3/c16-12-11(5-2-6-14-12)10-4-1-3-9(7-10)8-15-13(17)18/h1-7,15H,8H2,(H,14,16)(H,17,18). The minimum atomic E-state index is -1.07. The Morgan fingerprint density at radius 1 is 1.28 bits per heavy atom. The van der Waals surface area contributed by atoms with Gasteiger partial charge >= 0.3 is 6.09 Å². The fourth-order valence-corrected chi connectivity index (χ4v) is 1.68. The van der Waals surface area contributed by atoms with Gasteiger partial charge in [0.05, 0.1) is 0 Å². The molecule has 2 rings (SSSR count). The Hall–Kier alpha value is -2.56. The minimum Gasteiger partial charge on any atom is -0.465 e. The summed E-state index contributed by atoms with van der Waals surface area (Å²) in [6.45, 7) is 0.216. The average molecular weight is 244 g/mol. The van der Waals surface area contributed by atoms with Crippen LogP contribution in [0.5, 0.6) is 0 Å². The van der Waals surface area contributed by atoms with Crippen LogP contribution in [0.2, 0.25) is 0 Å². The highest BCUT2D eigenvalue weighted by Crippen LogP contribution is 2.16. The first-order chi connectivity index (χ1) is 8.66. The van der Waals surface area contributed by atoms with Crippen molar-refractivity contribution in [3.63, 3.8) is 0 Å². The van der Waals surface area contributed by atoms with Crippen molar-refractivity contribution < 1.29 is 9.90 Å². The molecule has 1 aromatic carbocycles. The summed E-state index contributed by atoms with van der Waals surface area (Å²) in [6, 6.07) is 10.7. The maximum atomic E-state index is 11.6. The summed E-state index contributed by atoms with van der Waals surface area (Å²) < 4.78 is 0. The lowest BCUT2D eigenvalue weighted by Gasteiger charge is -2.05. The Balaban J connectivity index is 2.30. The van der Waals surface area contributed by atoms with Crippen LogP contribution >= 0.6 is 0 Å². The molecule has 0 aliphatic rings. The predicted octanol–water partition coefficient (Wildman–Crippen LogP) is 1.81. The Morgan fingerprint density at radius 3 is 2.83 bits per heavy atom. The van der Waals surface area contributed by atoms with Gasteiger partial charge in [-0.2, -0.15) is 0 Å². The predicted molar refractivity (Wildman–Crippen MR) is 67.4 cm³/mol. The van der Waals surface area contributed by atoms with E-state index in [4.69, 9.17) is 5.11 Å². The zero-order valence-corrected chi connectivity index (χ0v) is 9.51. The molecule has 0 fully saturated rings. The van der Waals surface area contributed by atoms with Gasteiger partial charge in [0.15, 0.2) is 0 Å². The van der Waals surface area contributed by atoms with E-state index in [0.717, 1.165) is 11.1 Å². The van der Waals surface area contributed by atoms with Gasteiger partial charge in [0.1, 0.15) is 0 Å². The van der Waals surface area contributed by atoms with Gasteiger partial charge in [0.25, 0.3) is 5.56 Å². The third-order valence-corrected chi connectivity index (χ3v) is 2.50. The number of amides is 1. The first-order valence-corrected chi connectivity index (χ1v) is 5.40. The molecule has 0 aliphatic carbocycles. The quantitative estimate of drug-likeness (QED) is 0.770. The summed E-state index contributed by atoms with van der Waals surface area (Å²) in [5, 5.41) is 10.8. The average Bonchev–Trinajstić information content (AvgIpc) is 2.37. The second-order valence-corrected chi connectivity index (χ2v) is 3.77. The van der Waals surface area contributed by atoms with E-state index in [1.54, 1.807) is 36.5 Å². The lowest BCUT2D eigenvalue weighted by atomic mass is 10.0. The van der Waals surface area contributed by atoms with Crippen LogP contribution in [0.3, 0.4) is 0 Å². The van der Waals surface area contributed by atoms with E-state index in [0.29, 0.717) is 5.56 Å². The number of carbonyl (C=O) groups is 1. The third kappa shape index (κ3) is 2.76. The second kappa shape index (κ2) is 5.18. The van der Waals surface area contributed by atoms with Crippen LogP contribution in [0.4, 0.5) is 4.79 Å². The Kier molecular flexibility index (Phi) is 3.43. The van der Waals surface area contributed by atoms with E-state index >= 15 is 0 Å². The number of pyridine rings is 1. The van der Waals surface area contributed by atoms with Crippen molar-refractivity contribution in [1.82, 2.24) is 10.3 Å². The summed E-state index contributed by atoms with van der Waals surface area (Å²) in [6.07, 6.45) is 0.500. The molecule has 92 valence electrons. The minimum absolute atomic E-state index is 0.166. The second-order valence-electron chi connectivity index (χ2n) is 3.77. The van der Waals surface area contributed by atoms with Crippen molar-refractivity contribution in [3.8, 4) is 11.1 Å². The van der Waals surface area contributed by atoms with E-state index < -0.39 is 6.09 Å². The molecule has 0 radical (unpaired) electrons. The highest BCUT2D eigenvalue weighted by molar-refractivity contribution is 5.65. The maximum absolute atomic E-state index is 11.6. The van der Waals surface area contributed by atoms with Gasteiger partial charge in [-0.05, 0) is 29.3 Å². The van der Waals surface area contributed by atoms with Crippen molar-refractivity contribution in [3.05, 3.63) is 58.5 Å². The molecule has 0 spiro atoms. The monoisotopic (exact) mass is 244 g/mol. The number of rotatable bonds is 3. The lowest BCUT2D eigenvalue weighted by molar-refractivity contribution is 0.194. The molecule has 1 aromatic heterocycles. The van der Waals surface area contributed by atoms with Crippen LogP contribution < -0.4 is 10.9 Å². The fraction of sp³-hybridized carbons (Fsp3) is 0.0769. The zero-order chi connectivity index (χ0) is 13.0. The number of carboxylic acid groups (broad SMARTS) is 1. The molecule has 0 atom stereocenters. The number of benzene rings is 1. The fourth-order valence-electron chi connectivity index (χ4n) is 1.68. The number of hydrogen-bond acceptors (Lipinski definition) is 2. The maximum Gasteiger partial charge on any atom is 0.404 e. The van der Waals surface area contributed by atoms with Gasteiger partial charge in [-0.1, -0.05) is 18.2 Å². The molecule has 0 saturated carbocycles. The van der Waals surface area contributed by atoms with Gasteiger partial charge < -0.3 is 15.4 Å². The molecule has 5 heteroatoms. The zero-order valence-electron chi connectivity index (χ0n) is 9.51. The SMILES string of the molecule is O=C(O)NCc1cccc(-c2ccc[nH]c2=O)c1. The Morgan fingerprint density at radius 2 is 2.11 bits per heavy atom. The van der Waals surface area contributed by atoms with Gasteiger partial charge in [-0.3, -0.25) is 4.79 Å². The highest BCUT2D eigenvalue weighted by Gasteiger charge is 2.03. The lowest BCUT2D eigenvalue weighted by Crippen LogP contribution is -2.19. The van der Waals surface area contributed by atoms with Gasteiger partial charge in [0.2, 0.25) is 0 Å². The molecule has 0 unspecified atom stereocenters. The largest absolute Gasteiger partial charge is 0.465 e. The van der Waals surface area contributed by atoms with E-state index in [1.807, 2.05) is 6.07 Å². The summed E-state index contributed by atoms with van der Waals surface area (Å²) in [5.74, 6) is 0. The van der Waals surface area contributed by atoms with Crippen molar-refractivity contribution >= 4 is 6.09 Å². The molecule has 0 bridgehead atoms. The molecular formula is C13H12N2O3. The molecular weight excluding hydrogens is 232 g/mol. The Labute approximate surface area is 103 Å². The molecule has 1 heterocycles. The molecule has 0 saturated heterocycles. The number of hydrogen-bond donors (Lipinski definition) is 3. The van der Waals surface area contributed by atoms with Crippen molar-refractivity contribution in [2.75, 3.05) is 0 Å². The third-order valence-electron chi connectivity index (χ3n) is 2.50. The Bertz CT molecular complexity index is 619. The molecule has 18 heavy (non-hydrogen) atoms. The van der Waals surface area contributed by atoms with E-state index in [2.05, 4.69) is 10.3 Å².